The van der Waals surface area contributed by atoms with Crippen LogP contribution in [0.3, 0.4) is 0 Å². The van der Waals surface area contributed by atoms with Gasteiger partial charge in [0, 0.05) is 11.4 Å². The molecule has 0 bridgehead atoms. The number of carbonyl (C=O) groups excluding carboxylic acids is 1. The number of alkyl halides is 3. The predicted octanol–water partition coefficient (Wildman–Crippen LogP) is 5.52. The first kappa shape index (κ1) is 19.3. The van der Waals surface area contributed by atoms with Crippen LogP contribution in [0.4, 0.5) is 13.2 Å². The topological polar surface area (TPSA) is 50.5 Å². The first-order valence-corrected chi connectivity index (χ1v) is 11.0. The third-order valence-corrected chi connectivity index (χ3v) is 7.02. The van der Waals surface area contributed by atoms with Crippen LogP contribution in [0.15, 0.2) is 47.3 Å². The number of rotatable bonds is 3. The summed E-state index contributed by atoms with van der Waals surface area (Å²) in [4.78, 5) is 21.1. The molecular weight excluding hydrogens is 433 g/mol. The van der Waals surface area contributed by atoms with Gasteiger partial charge in [-0.3, -0.25) is 4.79 Å². The first-order valence-electron chi connectivity index (χ1n) is 9.28. The van der Waals surface area contributed by atoms with E-state index in [1.165, 1.54) is 17.5 Å². The van der Waals surface area contributed by atoms with Gasteiger partial charge in [-0.2, -0.15) is 18.3 Å². The number of amides is 1. The lowest BCUT2D eigenvalue weighted by Crippen LogP contribution is -2.30. The Balaban J connectivity index is 1.63. The summed E-state index contributed by atoms with van der Waals surface area (Å²) in [5, 5.41) is 7.61. The summed E-state index contributed by atoms with van der Waals surface area (Å²) < 4.78 is 41.9. The van der Waals surface area contributed by atoms with Crippen molar-refractivity contribution in [1.82, 2.24) is 19.5 Å². The van der Waals surface area contributed by atoms with Crippen LogP contribution >= 0.6 is 22.7 Å². The number of likely N-dealkylation sites (tertiary alicyclic amines) is 1. The van der Waals surface area contributed by atoms with Crippen molar-refractivity contribution in [2.45, 2.75) is 25.1 Å². The van der Waals surface area contributed by atoms with Crippen molar-refractivity contribution in [2.75, 3.05) is 6.54 Å². The van der Waals surface area contributed by atoms with Crippen molar-refractivity contribution in [1.29, 1.82) is 0 Å². The maximum absolute atomic E-state index is 13.7. The number of hydrogen-bond acceptors (Lipinski definition) is 5. The van der Waals surface area contributed by atoms with Crippen LogP contribution < -0.4 is 0 Å². The van der Waals surface area contributed by atoms with Gasteiger partial charge in [0.1, 0.15) is 5.56 Å². The van der Waals surface area contributed by atoms with Gasteiger partial charge < -0.3 is 4.90 Å². The molecule has 30 heavy (non-hydrogen) atoms. The van der Waals surface area contributed by atoms with E-state index in [0.717, 1.165) is 28.3 Å². The van der Waals surface area contributed by atoms with Crippen LogP contribution in [-0.4, -0.2) is 31.9 Å². The zero-order valence-electron chi connectivity index (χ0n) is 15.5. The Labute approximate surface area is 177 Å². The fraction of sp³-hybridized carbons (Fsp3) is 0.250. The van der Waals surface area contributed by atoms with Crippen LogP contribution in [0, 0.1) is 0 Å². The van der Waals surface area contributed by atoms with E-state index >= 15 is 0 Å². The highest BCUT2D eigenvalue weighted by Gasteiger charge is 2.37. The molecule has 1 aliphatic heterocycles. The number of halogens is 3. The van der Waals surface area contributed by atoms with Crippen LogP contribution in [0.25, 0.3) is 16.2 Å². The minimum absolute atomic E-state index is 0.0740. The summed E-state index contributed by atoms with van der Waals surface area (Å²) in [6.07, 6.45) is -1.77. The van der Waals surface area contributed by atoms with E-state index in [1.807, 2.05) is 17.5 Å². The molecule has 0 N–H and O–H groups in total. The van der Waals surface area contributed by atoms with Crippen molar-refractivity contribution >= 4 is 34.2 Å². The molecule has 0 spiro atoms. The fourth-order valence-corrected chi connectivity index (χ4v) is 5.37. The summed E-state index contributed by atoms with van der Waals surface area (Å²) in [6, 6.07) is 8.26. The van der Waals surface area contributed by atoms with Gasteiger partial charge in [0.2, 0.25) is 0 Å². The third-order valence-electron chi connectivity index (χ3n) is 5.15. The Kier molecular flexibility index (Phi) is 4.62. The fourth-order valence-electron chi connectivity index (χ4n) is 3.81. The Morgan fingerprint density at radius 1 is 1.17 bits per heavy atom. The standard InChI is InChI=1S/C20H15F3N4OS2/c21-20(22,23)17-10-13(15-5-2-8-29-15)25-18-12(11-24-27(17)18)19(28)26-7-1-4-14(26)16-6-3-9-30-16/h2-3,5-6,8-11,14H,1,4,7H2/t14-/m0/s1. The molecule has 10 heteroatoms. The molecule has 154 valence electrons. The van der Waals surface area contributed by atoms with Gasteiger partial charge in [-0.1, -0.05) is 12.1 Å². The summed E-state index contributed by atoms with van der Waals surface area (Å²) in [7, 11) is 0. The summed E-state index contributed by atoms with van der Waals surface area (Å²) >= 11 is 2.86. The van der Waals surface area contributed by atoms with Crippen LogP contribution in [0.5, 0.6) is 0 Å². The van der Waals surface area contributed by atoms with E-state index in [4.69, 9.17) is 0 Å². The second-order valence-electron chi connectivity index (χ2n) is 6.97. The molecule has 5 heterocycles. The Bertz CT molecular complexity index is 1200. The van der Waals surface area contributed by atoms with E-state index in [2.05, 4.69) is 10.1 Å². The van der Waals surface area contributed by atoms with Crippen LogP contribution in [0.1, 0.15) is 39.8 Å². The number of nitrogens with zero attached hydrogens (tertiary/aromatic N) is 4. The number of hydrogen-bond donors (Lipinski definition) is 0. The predicted molar refractivity (Wildman–Crippen MR) is 109 cm³/mol. The summed E-state index contributed by atoms with van der Waals surface area (Å²) in [5.74, 6) is -0.343. The van der Waals surface area contributed by atoms with Crippen molar-refractivity contribution in [3.63, 3.8) is 0 Å². The quantitative estimate of drug-likeness (QED) is 0.415. The molecular formula is C20H15F3N4OS2. The van der Waals surface area contributed by atoms with E-state index in [1.54, 1.807) is 33.7 Å². The monoisotopic (exact) mass is 448 g/mol. The smallest absolute Gasteiger partial charge is 0.331 e. The molecule has 1 amide bonds. The molecule has 0 aromatic carbocycles. The maximum atomic E-state index is 13.7. The highest BCUT2D eigenvalue weighted by molar-refractivity contribution is 7.13. The van der Waals surface area contributed by atoms with Gasteiger partial charge in [0.15, 0.2) is 11.3 Å². The number of aromatic nitrogens is 3. The second kappa shape index (κ2) is 7.21. The molecule has 1 saturated heterocycles. The van der Waals surface area contributed by atoms with E-state index < -0.39 is 11.9 Å². The zero-order chi connectivity index (χ0) is 20.9. The second-order valence-corrected chi connectivity index (χ2v) is 8.89. The molecule has 4 aromatic rings. The molecule has 4 aromatic heterocycles. The lowest BCUT2D eigenvalue weighted by molar-refractivity contribution is -0.142. The van der Waals surface area contributed by atoms with E-state index in [-0.39, 0.29) is 28.9 Å². The van der Waals surface area contributed by atoms with Crippen molar-refractivity contribution in [3.8, 4) is 10.6 Å². The Morgan fingerprint density at radius 3 is 2.67 bits per heavy atom. The van der Waals surface area contributed by atoms with Gasteiger partial charge >= 0.3 is 6.18 Å². The highest BCUT2D eigenvalue weighted by atomic mass is 32.1. The SMILES string of the molecule is O=C(c1cnn2c(C(F)(F)F)cc(-c3cccs3)nc12)N1CCC[C@H]1c1cccs1. The molecule has 1 fully saturated rings. The Hall–Kier alpha value is -2.72. The lowest BCUT2D eigenvalue weighted by atomic mass is 10.1. The molecule has 5 rings (SSSR count). The molecule has 1 atom stereocenters. The molecule has 0 saturated carbocycles. The molecule has 0 aliphatic carbocycles. The molecule has 5 nitrogen and oxygen atoms in total. The zero-order valence-corrected chi connectivity index (χ0v) is 17.1. The maximum Gasteiger partial charge on any atom is 0.433 e. The minimum atomic E-state index is -4.63. The molecule has 1 aliphatic rings. The normalized spacial score (nSPS) is 17.2. The van der Waals surface area contributed by atoms with Crippen LogP contribution in [-0.2, 0) is 6.18 Å². The van der Waals surface area contributed by atoms with Gasteiger partial charge in [0.05, 0.1) is 22.8 Å². The van der Waals surface area contributed by atoms with Crippen molar-refractivity contribution < 1.29 is 18.0 Å². The molecule has 0 radical (unpaired) electrons. The van der Waals surface area contributed by atoms with Gasteiger partial charge in [-0.15, -0.1) is 22.7 Å². The largest absolute Gasteiger partial charge is 0.433 e. The van der Waals surface area contributed by atoms with Crippen LogP contribution in [0.2, 0.25) is 0 Å². The highest BCUT2D eigenvalue weighted by Crippen LogP contribution is 2.37. The van der Waals surface area contributed by atoms with Gasteiger partial charge in [0.25, 0.3) is 5.91 Å². The summed E-state index contributed by atoms with van der Waals surface area (Å²) in [6.45, 7) is 0.551. The van der Waals surface area contributed by atoms with Gasteiger partial charge in [-0.05, 0) is 41.8 Å². The van der Waals surface area contributed by atoms with E-state index in [0.29, 0.717) is 11.4 Å². The van der Waals surface area contributed by atoms with Crippen molar-refractivity contribution in [3.05, 3.63) is 63.4 Å². The average molecular weight is 448 g/mol. The van der Waals surface area contributed by atoms with Crippen molar-refractivity contribution in [2.24, 2.45) is 0 Å². The van der Waals surface area contributed by atoms with Gasteiger partial charge in [-0.25, -0.2) is 9.50 Å². The molecule has 0 unspecified atom stereocenters. The third kappa shape index (κ3) is 3.20. The number of fused-ring (bicyclic) bond motifs is 1. The lowest BCUT2D eigenvalue weighted by Gasteiger charge is -2.23. The Morgan fingerprint density at radius 2 is 1.97 bits per heavy atom. The van der Waals surface area contributed by atoms with E-state index in [9.17, 15) is 18.0 Å². The average Bonchev–Trinajstić information content (AvgIpc) is 3.52. The summed E-state index contributed by atoms with van der Waals surface area (Å²) in [5.41, 5.74) is -0.765. The number of carbonyl (C=O) groups is 1. The first-order chi connectivity index (χ1) is 14.4. The minimum Gasteiger partial charge on any atom is -0.331 e. The number of thiophene rings is 2.